The van der Waals surface area contributed by atoms with Crippen molar-refractivity contribution in [3.05, 3.63) is 0 Å². The number of rotatable bonds is 6. The van der Waals surface area contributed by atoms with Gasteiger partial charge in [0, 0.05) is 38.6 Å². The van der Waals surface area contributed by atoms with Gasteiger partial charge in [-0.15, -0.1) is 24.0 Å². The van der Waals surface area contributed by atoms with Crippen LogP contribution in [-0.4, -0.2) is 62.2 Å². The van der Waals surface area contributed by atoms with Crippen LogP contribution in [0.5, 0.6) is 0 Å². The zero-order valence-corrected chi connectivity index (χ0v) is 20.5. The molecule has 1 saturated heterocycles. The standard InChI is InChI=1S/C22H40N4O2.HI/c1-23-22(24-14-16-28-20-11-7-2-3-8-12-20)25-19-13-15-26(17-19)21(27)18-9-5-4-6-10-18;/h18-20H,2-17H2,1H3,(H2,23,24,25);1H. The van der Waals surface area contributed by atoms with Gasteiger partial charge in [-0.2, -0.15) is 0 Å². The summed E-state index contributed by atoms with van der Waals surface area (Å²) in [4.78, 5) is 19.1. The molecule has 0 aromatic carbocycles. The van der Waals surface area contributed by atoms with E-state index in [9.17, 15) is 4.79 Å². The van der Waals surface area contributed by atoms with Gasteiger partial charge >= 0.3 is 0 Å². The fraction of sp³-hybridized carbons (Fsp3) is 0.909. The van der Waals surface area contributed by atoms with Crippen molar-refractivity contribution in [1.29, 1.82) is 0 Å². The first-order valence-corrected chi connectivity index (χ1v) is 11.6. The van der Waals surface area contributed by atoms with Gasteiger partial charge in [-0.1, -0.05) is 44.9 Å². The molecule has 1 heterocycles. The number of halogens is 1. The summed E-state index contributed by atoms with van der Waals surface area (Å²) < 4.78 is 6.05. The van der Waals surface area contributed by atoms with Crippen LogP contribution in [0.2, 0.25) is 0 Å². The van der Waals surface area contributed by atoms with E-state index in [0.717, 1.165) is 51.5 Å². The van der Waals surface area contributed by atoms with Crippen LogP contribution in [0.15, 0.2) is 4.99 Å². The zero-order chi connectivity index (χ0) is 19.6. The van der Waals surface area contributed by atoms with Crippen LogP contribution in [0.4, 0.5) is 0 Å². The van der Waals surface area contributed by atoms with Crippen molar-refractivity contribution in [3.8, 4) is 0 Å². The molecule has 29 heavy (non-hydrogen) atoms. The molecule has 1 amide bonds. The first kappa shape index (κ1) is 24.7. The van der Waals surface area contributed by atoms with E-state index in [1.807, 2.05) is 0 Å². The SMILES string of the molecule is CN=C(NCCOC1CCCCCC1)NC1CCN(C(=O)C2CCCCC2)C1.I. The maximum atomic E-state index is 12.7. The number of aliphatic imine (C=N–C) groups is 1. The third-order valence-corrected chi connectivity index (χ3v) is 6.57. The Balaban J connectivity index is 0.00000300. The van der Waals surface area contributed by atoms with Crippen LogP contribution in [0, 0.1) is 5.92 Å². The topological polar surface area (TPSA) is 66.0 Å². The molecule has 2 saturated carbocycles. The zero-order valence-electron chi connectivity index (χ0n) is 18.2. The van der Waals surface area contributed by atoms with Gasteiger partial charge in [0.2, 0.25) is 5.91 Å². The molecule has 2 N–H and O–H groups in total. The molecule has 2 aliphatic carbocycles. The molecular formula is C22H41IN4O2. The summed E-state index contributed by atoms with van der Waals surface area (Å²) in [5.41, 5.74) is 0. The second-order valence-electron chi connectivity index (χ2n) is 8.73. The van der Waals surface area contributed by atoms with Crippen molar-refractivity contribution in [2.24, 2.45) is 10.9 Å². The molecule has 0 aromatic heterocycles. The van der Waals surface area contributed by atoms with E-state index in [2.05, 4.69) is 20.5 Å². The number of nitrogens with zero attached hydrogens (tertiary/aromatic N) is 2. The second kappa shape index (κ2) is 13.7. The van der Waals surface area contributed by atoms with Crippen molar-refractivity contribution < 1.29 is 9.53 Å². The average Bonchev–Trinajstić information content (AvgIpc) is 3.04. The smallest absolute Gasteiger partial charge is 0.225 e. The van der Waals surface area contributed by atoms with Gasteiger partial charge in [0.05, 0.1) is 12.7 Å². The predicted molar refractivity (Wildman–Crippen MR) is 129 cm³/mol. The summed E-state index contributed by atoms with van der Waals surface area (Å²) in [6.45, 7) is 3.17. The average molecular weight is 521 g/mol. The highest BCUT2D eigenvalue weighted by atomic mass is 127. The number of hydrogen-bond donors (Lipinski definition) is 2. The minimum Gasteiger partial charge on any atom is -0.376 e. The largest absolute Gasteiger partial charge is 0.376 e. The van der Waals surface area contributed by atoms with Gasteiger partial charge in [0.1, 0.15) is 0 Å². The summed E-state index contributed by atoms with van der Waals surface area (Å²) in [5, 5.41) is 6.86. The van der Waals surface area contributed by atoms with Gasteiger partial charge in [0.15, 0.2) is 5.96 Å². The highest BCUT2D eigenvalue weighted by molar-refractivity contribution is 14.0. The Morgan fingerprint density at radius 2 is 1.66 bits per heavy atom. The van der Waals surface area contributed by atoms with Crippen molar-refractivity contribution >= 4 is 35.8 Å². The van der Waals surface area contributed by atoms with Crippen LogP contribution in [-0.2, 0) is 9.53 Å². The first-order valence-electron chi connectivity index (χ1n) is 11.6. The minimum absolute atomic E-state index is 0. The lowest BCUT2D eigenvalue weighted by molar-refractivity contribution is -0.135. The van der Waals surface area contributed by atoms with Gasteiger partial charge in [0.25, 0.3) is 0 Å². The molecule has 1 aliphatic heterocycles. The summed E-state index contributed by atoms with van der Waals surface area (Å²) >= 11 is 0. The van der Waals surface area contributed by atoms with E-state index in [0.29, 0.717) is 18.1 Å². The Hall–Kier alpha value is -0.570. The summed E-state index contributed by atoms with van der Waals surface area (Å²) in [6.07, 6.45) is 15.1. The number of likely N-dealkylation sites (tertiary alicyclic amines) is 1. The maximum Gasteiger partial charge on any atom is 0.225 e. The van der Waals surface area contributed by atoms with Gasteiger partial charge in [-0.25, -0.2) is 0 Å². The number of ether oxygens (including phenoxy) is 1. The van der Waals surface area contributed by atoms with Gasteiger partial charge in [-0.05, 0) is 32.1 Å². The van der Waals surface area contributed by atoms with E-state index in [1.54, 1.807) is 7.05 Å². The van der Waals surface area contributed by atoms with Crippen molar-refractivity contribution in [1.82, 2.24) is 15.5 Å². The van der Waals surface area contributed by atoms with E-state index in [4.69, 9.17) is 4.74 Å². The number of amides is 1. The Labute approximate surface area is 194 Å². The molecule has 1 atom stereocenters. The summed E-state index contributed by atoms with van der Waals surface area (Å²) in [5.74, 6) is 1.47. The Morgan fingerprint density at radius 3 is 2.34 bits per heavy atom. The molecule has 3 fully saturated rings. The molecular weight excluding hydrogens is 479 g/mol. The Morgan fingerprint density at radius 1 is 1.00 bits per heavy atom. The number of guanidine groups is 1. The van der Waals surface area contributed by atoms with Crippen LogP contribution in [0.1, 0.15) is 77.0 Å². The normalized spacial score (nSPS) is 24.7. The van der Waals surface area contributed by atoms with E-state index in [-0.39, 0.29) is 29.9 Å². The molecule has 0 spiro atoms. The molecule has 0 bridgehead atoms. The number of carbonyl (C=O) groups is 1. The number of carbonyl (C=O) groups excluding carboxylic acids is 1. The fourth-order valence-corrected chi connectivity index (χ4v) is 4.88. The van der Waals surface area contributed by atoms with E-state index in [1.165, 1.54) is 57.8 Å². The highest BCUT2D eigenvalue weighted by Gasteiger charge is 2.31. The molecule has 1 unspecified atom stereocenters. The lowest BCUT2D eigenvalue weighted by atomic mass is 9.88. The van der Waals surface area contributed by atoms with Crippen molar-refractivity contribution in [3.63, 3.8) is 0 Å². The van der Waals surface area contributed by atoms with E-state index < -0.39 is 0 Å². The molecule has 3 rings (SSSR count). The lowest BCUT2D eigenvalue weighted by Crippen LogP contribution is -2.46. The third kappa shape index (κ3) is 8.23. The number of hydrogen-bond acceptors (Lipinski definition) is 3. The van der Waals surface area contributed by atoms with Gasteiger partial charge in [-0.3, -0.25) is 9.79 Å². The summed E-state index contributed by atoms with van der Waals surface area (Å²) in [7, 11) is 1.81. The predicted octanol–water partition coefficient (Wildman–Crippen LogP) is 3.69. The second-order valence-corrected chi connectivity index (χ2v) is 8.73. The Kier molecular flexibility index (Phi) is 11.6. The van der Waals surface area contributed by atoms with Crippen LogP contribution in [0.25, 0.3) is 0 Å². The first-order chi connectivity index (χ1) is 13.8. The monoisotopic (exact) mass is 520 g/mol. The Bertz CT molecular complexity index is 503. The fourth-order valence-electron chi connectivity index (χ4n) is 4.88. The van der Waals surface area contributed by atoms with Crippen molar-refractivity contribution in [2.45, 2.75) is 89.2 Å². The quantitative estimate of drug-likeness (QED) is 0.184. The van der Waals surface area contributed by atoms with Crippen LogP contribution >= 0.6 is 24.0 Å². The highest BCUT2D eigenvalue weighted by Crippen LogP contribution is 2.26. The van der Waals surface area contributed by atoms with Crippen LogP contribution in [0.3, 0.4) is 0 Å². The van der Waals surface area contributed by atoms with Gasteiger partial charge < -0.3 is 20.3 Å². The molecule has 6 nitrogen and oxygen atoms in total. The van der Waals surface area contributed by atoms with Crippen molar-refractivity contribution in [2.75, 3.05) is 33.3 Å². The molecule has 0 radical (unpaired) electrons. The minimum atomic E-state index is 0. The molecule has 168 valence electrons. The molecule has 7 heteroatoms. The molecule has 0 aromatic rings. The lowest BCUT2D eigenvalue weighted by Gasteiger charge is -2.26. The van der Waals surface area contributed by atoms with E-state index >= 15 is 0 Å². The molecule has 3 aliphatic rings. The van der Waals surface area contributed by atoms with Crippen LogP contribution < -0.4 is 10.6 Å². The number of nitrogens with one attached hydrogen (secondary N) is 2. The summed E-state index contributed by atoms with van der Waals surface area (Å²) in [6, 6.07) is 0.293. The third-order valence-electron chi connectivity index (χ3n) is 6.57. The maximum absolute atomic E-state index is 12.7.